The SMILES string of the molecule is COc1ccc(Cl)cc1C(C)NCC1CC(C)=NO1. The van der Waals surface area contributed by atoms with Crippen LogP contribution in [0.4, 0.5) is 0 Å². The fourth-order valence-corrected chi connectivity index (χ4v) is 2.32. The van der Waals surface area contributed by atoms with Crippen molar-refractivity contribution in [1.29, 1.82) is 0 Å². The Bertz CT molecular complexity index is 477. The van der Waals surface area contributed by atoms with Crippen molar-refractivity contribution in [3.8, 4) is 5.75 Å². The van der Waals surface area contributed by atoms with Gasteiger partial charge >= 0.3 is 0 Å². The summed E-state index contributed by atoms with van der Waals surface area (Å²) < 4.78 is 5.36. The van der Waals surface area contributed by atoms with Crippen LogP contribution in [0.15, 0.2) is 23.4 Å². The maximum Gasteiger partial charge on any atom is 0.145 e. The van der Waals surface area contributed by atoms with Crippen LogP contribution in [0.1, 0.15) is 31.9 Å². The highest BCUT2D eigenvalue weighted by Gasteiger charge is 2.19. The summed E-state index contributed by atoms with van der Waals surface area (Å²) in [6.45, 7) is 4.80. The van der Waals surface area contributed by atoms with Gasteiger partial charge in [-0.25, -0.2) is 0 Å². The van der Waals surface area contributed by atoms with E-state index in [1.54, 1.807) is 7.11 Å². The lowest BCUT2D eigenvalue weighted by Crippen LogP contribution is -2.29. The van der Waals surface area contributed by atoms with Crippen molar-refractivity contribution in [2.75, 3.05) is 13.7 Å². The average molecular weight is 283 g/mol. The first kappa shape index (κ1) is 14.2. The minimum atomic E-state index is 0.118. The Balaban J connectivity index is 1.96. The van der Waals surface area contributed by atoms with Gasteiger partial charge in [0.2, 0.25) is 0 Å². The van der Waals surface area contributed by atoms with Gasteiger partial charge in [0, 0.05) is 29.6 Å². The van der Waals surface area contributed by atoms with Crippen LogP contribution in [0.25, 0.3) is 0 Å². The number of benzene rings is 1. The molecule has 5 heteroatoms. The van der Waals surface area contributed by atoms with Crippen LogP contribution >= 0.6 is 11.6 Å². The molecule has 4 nitrogen and oxygen atoms in total. The maximum absolute atomic E-state index is 6.04. The summed E-state index contributed by atoms with van der Waals surface area (Å²) in [4.78, 5) is 5.30. The van der Waals surface area contributed by atoms with Crippen LogP contribution in [-0.2, 0) is 4.84 Å². The first-order valence-electron chi connectivity index (χ1n) is 6.36. The average Bonchev–Trinajstić information content (AvgIpc) is 2.81. The van der Waals surface area contributed by atoms with Gasteiger partial charge in [0.05, 0.1) is 12.8 Å². The van der Waals surface area contributed by atoms with Gasteiger partial charge in [-0.3, -0.25) is 0 Å². The van der Waals surface area contributed by atoms with E-state index in [0.717, 1.165) is 30.0 Å². The number of halogens is 1. The van der Waals surface area contributed by atoms with Gasteiger partial charge in [-0.05, 0) is 32.0 Å². The molecule has 1 aromatic carbocycles. The third-order valence-corrected chi connectivity index (χ3v) is 3.43. The number of oxime groups is 1. The smallest absolute Gasteiger partial charge is 0.145 e. The molecule has 1 aliphatic rings. The second-order valence-corrected chi connectivity index (χ2v) is 5.21. The number of methoxy groups -OCH3 is 1. The summed E-state index contributed by atoms with van der Waals surface area (Å²) >= 11 is 6.04. The molecule has 104 valence electrons. The van der Waals surface area contributed by atoms with E-state index in [1.807, 2.05) is 25.1 Å². The topological polar surface area (TPSA) is 42.8 Å². The van der Waals surface area contributed by atoms with E-state index in [4.69, 9.17) is 21.2 Å². The Labute approximate surface area is 118 Å². The molecule has 1 aliphatic heterocycles. The zero-order valence-electron chi connectivity index (χ0n) is 11.4. The van der Waals surface area contributed by atoms with E-state index in [0.29, 0.717) is 5.02 Å². The quantitative estimate of drug-likeness (QED) is 0.902. The van der Waals surface area contributed by atoms with E-state index < -0.39 is 0 Å². The highest BCUT2D eigenvalue weighted by Crippen LogP contribution is 2.28. The molecule has 1 N–H and O–H groups in total. The molecule has 2 unspecified atom stereocenters. The lowest BCUT2D eigenvalue weighted by molar-refractivity contribution is 0.0831. The fraction of sp³-hybridized carbons (Fsp3) is 0.500. The predicted molar refractivity (Wildman–Crippen MR) is 77.0 cm³/mol. The molecule has 0 radical (unpaired) electrons. The van der Waals surface area contributed by atoms with Crippen LogP contribution in [0, 0.1) is 0 Å². The molecule has 1 heterocycles. The Morgan fingerprint density at radius 1 is 1.58 bits per heavy atom. The number of hydrogen-bond donors (Lipinski definition) is 1. The van der Waals surface area contributed by atoms with E-state index in [1.165, 1.54) is 0 Å². The van der Waals surface area contributed by atoms with Gasteiger partial charge in [0.15, 0.2) is 0 Å². The molecule has 0 amide bonds. The lowest BCUT2D eigenvalue weighted by Gasteiger charge is -2.19. The van der Waals surface area contributed by atoms with Crippen molar-refractivity contribution in [2.24, 2.45) is 5.16 Å². The van der Waals surface area contributed by atoms with E-state index in [9.17, 15) is 0 Å². The molecule has 0 bridgehead atoms. The predicted octanol–water partition coefficient (Wildman–Crippen LogP) is 3.16. The summed E-state index contributed by atoms with van der Waals surface area (Å²) in [6.07, 6.45) is 1.000. The van der Waals surface area contributed by atoms with Gasteiger partial charge < -0.3 is 14.9 Å². The van der Waals surface area contributed by atoms with Crippen LogP contribution in [0.3, 0.4) is 0 Å². The van der Waals surface area contributed by atoms with Crippen LogP contribution in [-0.4, -0.2) is 25.5 Å². The molecule has 1 aromatic rings. The fourth-order valence-electron chi connectivity index (χ4n) is 2.14. The summed E-state index contributed by atoms with van der Waals surface area (Å²) in [5.41, 5.74) is 2.09. The normalized spacial score (nSPS) is 19.8. The van der Waals surface area contributed by atoms with Gasteiger partial charge in [-0.2, -0.15) is 0 Å². The minimum Gasteiger partial charge on any atom is -0.496 e. The van der Waals surface area contributed by atoms with Crippen molar-refractivity contribution in [2.45, 2.75) is 32.4 Å². The van der Waals surface area contributed by atoms with E-state index >= 15 is 0 Å². The standard InChI is InChI=1S/C14H19ClN2O2/c1-9-6-12(19-17-9)8-16-10(2)13-7-11(15)4-5-14(13)18-3/h4-5,7,10,12,16H,6,8H2,1-3H3. The van der Waals surface area contributed by atoms with Crippen LogP contribution < -0.4 is 10.1 Å². The highest BCUT2D eigenvalue weighted by atomic mass is 35.5. The Morgan fingerprint density at radius 3 is 3.00 bits per heavy atom. The number of nitrogens with zero attached hydrogens (tertiary/aromatic N) is 1. The van der Waals surface area contributed by atoms with Gasteiger partial charge in [-0.15, -0.1) is 0 Å². The third kappa shape index (κ3) is 3.61. The molecule has 19 heavy (non-hydrogen) atoms. The Morgan fingerprint density at radius 2 is 2.37 bits per heavy atom. The monoisotopic (exact) mass is 282 g/mol. The molecule has 2 rings (SSSR count). The maximum atomic E-state index is 6.04. The zero-order chi connectivity index (χ0) is 13.8. The van der Waals surface area contributed by atoms with Crippen molar-refractivity contribution in [3.05, 3.63) is 28.8 Å². The molecule has 0 aliphatic carbocycles. The summed E-state index contributed by atoms with van der Waals surface area (Å²) in [7, 11) is 1.66. The van der Waals surface area contributed by atoms with Gasteiger partial charge in [0.1, 0.15) is 11.9 Å². The molecular formula is C14H19ClN2O2. The second-order valence-electron chi connectivity index (χ2n) is 4.77. The largest absolute Gasteiger partial charge is 0.496 e. The van der Waals surface area contributed by atoms with E-state index in [-0.39, 0.29) is 12.1 Å². The molecule has 2 atom stereocenters. The Kier molecular flexibility index (Phi) is 4.66. The third-order valence-electron chi connectivity index (χ3n) is 3.19. The molecule has 0 saturated heterocycles. The number of rotatable bonds is 5. The molecule has 0 fully saturated rings. The molecule has 0 aromatic heterocycles. The number of nitrogens with one attached hydrogen (secondary N) is 1. The summed E-state index contributed by atoms with van der Waals surface area (Å²) in [5, 5.41) is 8.08. The number of hydrogen-bond acceptors (Lipinski definition) is 4. The summed E-state index contributed by atoms with van der Waals surface area (Å²) in [6, 6.07) is 5.77. The zero-order valence-corrected chi connectivity index (χ0v) is 12.2. The van der Waals surface area contributed by atoms with Crippen LogP contribution in [0.5, 0.6) is 5.75 Å². The van der Waals surface area contributed by atoms with Crippen molar-refractivity contribution < 1.29 is 9.57 Å². The molecule has 0 saturated carbocycles. The van der Waals surface area contributed by atoms with Gasteiger partial charge in [-0.1, -0.05) is 16.8 Å². The van der Waals surface area contributed by atoms with Crippen molar-refractivity contribution in [1.82, 2.24) is 5.32 Å². The first-order valence-corrected chi connectivity index (χ1v) is 6.74. The first-order chi connectivity index (χ1) is 9.10. The van der Waals surface area contributed by atoms with Crippen LogP contribution in [0.2, 0.25) is 5.02 Å². The Hall–Kier alpha value is -1.26. The van der Waals surface area contributed by atoms with E-state index in [2.05, 4.69) is 17.4 Å². The second kappa shape index (κ2) is 6.26. The van der Waals surface area contributed by atoms with Crippen molar-refractivity contribution in [3.63, 3.8) is 0 Å². The summed E-state index contributed by atoms with van der Waals surface area (Å²) in [5.74, 6) is 0.837. The number of ether oxygens (including phenoxy) is 1. The van der Waals surface area contributed by atoms with Crippen molar-refractivity contribution >= 4 is 17.3 Å². The lowest BCUT2D eigenvalue weighted by atomic mass is 10.1. The molecule has 0 spiro atoms. The minimum absolute atomic E-state index is 0.118. The highest BCUT2D eigenvalue weighted by molar-refractivity contribution is 6.30. The molecular weight excluding hydrogens is 264 g/mol. The van der Waals surface area contributed by atoms with Gasteiger partial charge in [0.25, 0.3) is 0 Å².